The van der Waals surface area contributed by atoms with Gasteiger partial charge in [0.15, 0.2) is 29.9 Å². The molecule has 234 valence electrons. The first kappa shape index (κ1) is 32.6. The van der Waals surface area contributed by atoms with Crippen LogP contribution in [-0.2, 0) is 40.8 Å². The molecule has 3 aromatic heterocycles. The Morgan fingerprint density at radius 2 is 1.04 bits per heavy atom. The number of nitrogens with zero attached hydrogens (tertiary/aromatic N) is 4. The zero-order valence-corrected chi connectivity index (χ0v) is 27.4. The molecular formula is C26H20Cl2N6O7S4. The van der Waals surface area contributed by atoms with Crippen LogP contribution in [0.1, 0.15) is 11.8 Å². The highest BCUT2D eigenvalue weighted by Gasteiger charge is 2.25. The van der Waals surface area contributed by atoms with Crippen LogP contribution in [0.15, 0.2) is 63.7 Å². The second-order valence-electron chi connectivity index (χ2n) is 9.34. The van der Waals surface area contributed by atoms with Gasteiger partial charge in [-0.3, -0.25) is 9.59 Å². The molecule has 0 aliphatic heterocycles. The van der Waals surface area contributed by atoms with Gasteiger partial charge in [-0.2, -0.15) is 0 Å². The number of aromatic nitrogens is 4. The van der Waals surface area contributed by atoms with Gasteiger partial charge in [0.2, 0.25) is 23.6 Å². The van der Waals surface area contributed by atoms with E-state index in [9.17, 15) is 26.4 Å². The Balaban J connectivity index is 1.11. The van der Waals surface area contributed by atoms with Crippen LogP contribution >= 0.6 is 45.9 Å². The Kier molecular flexibility index (Phi) is 9.95. The van der Waals surface area contributed by atoms with Gasteiger partial charge < -0.3 is 15.1 Å². The van der Waals surface area contributed by atoms with E-state index in [2.05, 4.69) is 30.8 Å². The average molecular weight is 728 g/mol. The fourth-order valence-electron chi connectivity index (χ4n) is 3.76. The zero-order valence-electron chi connectivity index (χ0n) is 22.6. The maximum Gasteiger partial charge on any atom is 0.241 e. The standard InChI is InChI=1S/C26H20Cl2N6O7S4/c27-17-5-1-15(2-6-17)19-9-42-25(29-19)31-21(35)11-44(37,38)13-23-33-34-24(41-23)14-45(39,40)12-22(36)32-26-30-20(10-43-26)16-3-7-18(28)8-4-16/h1-10H,11-14H2,(H,29,31,35)(H,30,32,36). The first-order chi connectivity index (χ1) is 21.3. The number of hydrogen-bond acceptors (Lipinski definition) is 13. The molecule has 0 aliphatic carbocycles. The quantitative estimate of drug-likeness (QED) is 0.181. The molecule has 0 aliphatic rings. The molecule has 0 atom stereocenters. The van der Waals surface area contributed by atoms with Gasteiger partial charge in [-0.1, -0.05) is 47.5 Å². The Morgan fingerprint density at radius 3 is 1.42 bits per heavy atom. The Hall–Kier alpha value is -3.74. The fraction of sp³-hybridized carbons (Fsp3) is 0.154. The van der Waals surface area contributed by atoms with Crippen molar-refractivity contribution in [3.63, 3.8) is 0 Å². The van der Waals surface area contributed by atoms with Crippen molar-refractivity contribution in [2.24, 2.45) is 0 Å². The second kappa shape index (κ2) is 13.7. The van der Waals surface area contributed by atoms with Crippen LogP contribution < -0.4 is 10.6 Å². The van der Waals surface area contributed by atoms with Crippen LogP contribution in [0, 0.1) is 0 Å². The van der Waals surface area contributed by atoms with Crippen molar-refractivity contribution >= 4 is 87.6 Å². The van der Waals surface area contributed by atoms with Gasteiger partial charge in [0.25, 0.3) is 0 Å². The lowest BCUT2D eigenvalue weighted by molar-refractivity contribution is -0.114. The molecule has 0 radical (unpaired) electrons. The summed E-state index contributed by atoms with van der Waals surface area (Å²) in [6.45, 7) is 0. The summed E-state index contributed by atoms with van der Waals surface area (Å²) < 4.78 is 55.5. The molecule has 3 heterocycles. The number of rotatable bonds is 12. The Bertz CT molecular complexity index is 1910. The molecule has 0 bridgehead atoms. The molecule has 5 aromatic rings. The van der Waals surface area contributed by atoms with E-state index in [1.807, 2.05) is 0 Å². The van der Waals surface area contributed by atoms with E-state index < -0.39 is 66.3 Å². The minimum Gasteiger partial charge on any atom is -0.423 e. The summed E-state index contributed by atoms with van der Waals surface area (Å²) in [6, 6.07) is 13.8. The molecule has 0 unspecified atom stereocenters. The third kappa shape index (κ3) is 9.38. The molecule has 0 spiro atoms. The smallest absolute Gasteiger partial charge is 0.241 e. The van der Waals surface area contributed by atoms with Crippen LogP contribution in [0.4, 0.5) is 10.3 Å². The van der Waals surface area contributed by atoms with E-state index in [4.69, 9.17) is 27.6 Å². The Morgan fingerprint density at radius 1 is 0.667 bits per heavy atom. The first-order valence-electron chi connectivity index (χ1n) is 12.6. The number of carbonyl (C=O) groups excluding carboxylic acids is 2. The van der Waals surface area contributed by atoms with Crippen LogP contribution in [0.2, 0.25) is 10.0 Å². The van der Waals surface area contributed by atoms with Gasteiger partial charge in [0.05, 0.1) is 11.4 Å². The summed E-state index contributed by atoms with van der Waals surface area (Å²) in [4.78, 5) is 33.3. The highest BCUT2D eigenvalue weighted by atomic mass is 35.5. The lowest BCUT2D eigenvalue weighted by Crippen LogP contribution is -2.24. The molecular weight excluding hydrogens is 707 g/mol. The van der Waals surface area contributed by atoms with E-state index in [0.717, 1.165) is 33.8 Å². The third-order valence-electron chi connectivity index (χ3n) is 5.68. The van der Waals surface area contributed by atoms with Crippen LogP contribution in [0.5, 0.6) is 0 Å². The summed E-state index contributed by atoms with van der Waals surface area (Å²) in [7, 11) is -8.16. The minimum absolute atomic E-state index is 0.200. The summed E-state index contributed by atoms with van der Waals surface area (Å²) in [6.07, 6.45) is 0. The van der Waals surface area contributed by atoms with Crippen molar-refractivity contribution in [3.8, 4) is 22.5 Å². The number of nitrogens with one attached hydrogen (secondary N) is 2. The van der Waals surface area contributed by atoms with Crippen LogP contribution in [0.25, 0.3) is 22.5 Å². The molecule has 0 saturated heterocycles. The van der Waals surface area contributed by atoms with Crippen molar-refractivity contribution in [2.45, 2.75) is 11.5 Å². The number of halogens is 2. The molecule has 13 nitrogen and oxygen atoms in total. The fourth-order valence-corrected chi connectivity index (χ4v) is 7.62. The topological polar surface area (TPSA) is 191 Å². The van der Waals surface area contributed by atoms with Crippen molar-refractivity contribution in [3.05, 3.63) is 81.1 Å². The predicted molar refractivity (Wildman–Crippen MR) is 172 cm³/mol. The van der Waals surface area contributed by atoms with E-state index in [1.54, 1.807) is 59.3 Å². The summed E-state index contributed by atoms with van der Waals surface area (Å²) >= 11 is 14.0. The number of amides is 2. The third-order valence-corrected chi connectivity index (χ3v) is 10.5. The average Bonchev–Trinajstić information content (AvgIpc) is 3.70. The molecule has 19 heteroatoms. The van der Waals surface area contributed by atoms with Gasteiger partial charge >= 0.3 is 0 Å². The second-order valence-corrected chi connectivity index (χ2v) is 16.1. The van der Waals surface area contributed by atoms with Gasteiger partial charge in [-0.15, -0.1) is 32.9 Å². The molecule has 0 fully saturated rings. The van der Waals surface area contributed by atoms with Crippen molar-refractivity contribution in [1.29, 1.82) is 0 Å². The van der Waals surface area contributed by atoms with Crippen LogP contribution in [0.3, 0.4) is 0 Å². The predicted octanol–water partition coefficient (Wildman–Crippen LogP) is 4.73. The molecule has 0 saturated carbocycles. The maximum atomic E-state index is 12.6. The first-order valence-corrected chi connectivity index (χ1v) is 18.7. The van der Waals surface area contributed by atoms with Crippen LogP contribution in [-0.4, -0.2) is 60.3 Å². The SMILES string of the molecule is O=C(CS(=O)(=O)Cc1nnc(CS(=O)(=O)CC(=O)Nc2nc(-c3ccc(Cl)cc3)cs2)o1)Nc1nc(-c2ccc(Cl)cc2)cs1. The number of carbonyl (C=O) groups is 2. The lowest BCUT2D eigenvalue weighted by atomic mass is 10.2. The monoisotopic (exact) mass is 726 g/mol. The van der Waals surface area contributed by atoms with Gasteiger partial charge in [-0.05, 0) is 24.3 Å². The summed E-state index contributed by atoms with van der Waals surface area (Å²) in [5.74, 6) is -5.90. The van der Waals surface area contributed by atoms with Gasteiger partial charge in [0, 0.05) is 31.9 Å². The van der Waals surface area contributed by atoms with Gasteiger partial charge in [0.1, 0.15) is 23.0 Å². The molecule has 2 aromatic carbocycles. The molecule has 45 heavy (non-hydrogen) atoms. The lowest BCUT2D eigenvalue weighted by Gasteiger charge is -2.03. The summed E-state index contributed by atoms with van der Waals surface area (Å²) in [5.41, 5.74) is 2.68. The van der Waals surface area contributed by atoms with E-state index in [-0.39, 0.29) is 10.3 Å². The van der Waals surface area contributed by atoms with E-state index in [0.29, 0.717) is 21.4 Å². The number of anilines is 2. The van der Waals surface area contributed by atoms with Crippen molar-refractivity contribution < 1.29 is 30.8 Å². The van der Waals surface area contributed by atoms with Crippen molar-refractivity contribution in [1.82, 2.24) is 20.2 Å². The molecule has 2 N–H and O–H groups in total. The van der Waals surface area contributed by atoms with E-state index in [1.165, 1.54) is 0 Å². The number of benzene rings is 2. The summed E-state index contributed by atoms with van der Waals surface area (Å²) in [5, 5.41) is 16.9. The highest BCUT2D eigenvalue weighted by molar-refractivity contribution is 7.91. The molecule has 5 rings (SSSR count). The number of thiazole rings is 2. The largest absolute Gasteiger partial charge is 0.423 e. The number of hydrogen-bond donors (Lipinski definition) is 2. The van der Waals surface area contributed by atoms with Crippen molar-refractivity contribution in [2.75, 3.05) is 22.1 Å². The molecule has 2 amide bonds. The highest BCUT2D eigenvalue weighted by Crippen LogP contribution is 2.27. The van der Waals surface area contributed by atoms with E-state index >= 15 is 0 Å². The number of sulfone groups is 2. The zero-order chi connectivity index (χ0) is 32.2. The Labute approximate surface area is 274 Å². The normalized spacial score (nSPS) is 11.8. The minimum atomic E-state index is -4.08. The van der Waals surface area contributed by atoms with Gasteiger partial charge in [-0.25, -0.2) is 26.8 Å². The maximum absolute atomic E-state index is 12.6.